The average molecular weight is 680 g/mol. The molecule has 3 fully saturated rings. The number of morpholine rings is 1. The highest BCUT2D eigenvalue weighted by Gasteiger charge is 2.54. The van der Waals surface area contributed by atoms with E-state index in [4.69, 9.17) is 15.3 Å². The molecule has 1 saturated carbocycles. The smallest absolute Gasteiger partial charge is 0.352 e. The van der Waals surface area contributed by atoms with E-state index < -0.39 is 29.2 Å². The summed E-state index contributed by atoms with van der Waals surface area (Å²) >= 11 is 3.61. The average Bonchev–Trinajstić information content (AvgIpc) is 3.82. The van der Waals surface area contributed by atoms with Crippen LogP contribution in [-0.4, -0.2) is 130 Å². The number of β-lactam (4-membered cyclic amide) rings is 1. The largest absolute Gasteiger partial charge is 0.477 e. The first-order valence-electron chi connectivity index (χ1n) is 14.6. The standard InChI is InChI=1S/C25H33N11O6S3/c26-24-28-19(31-45-24)16(30-42-15-4-1-2-5-15)20(37)27-17-21(38)36-18(23(39)40)14(12-43-22(17)36)13-44-25-29-32-33-35(25)7-3-6-34-8-10-41-11-9-34/h15,17,22H,1-13H2,(H,27,37)(H,39,40)(H2,26,28,31)/b30-16-/t17?,22-/m1/s1. The summed E-state index contributed by atoms with van der Waals surface area (Å²) in [4.78, 5) is 52.2. The van der Waals surface area contributed by atoms with Crippen molar-refractivity contribution in [2.75, 3.05) is 50.1 Å². The number of tetrazole rings is 1. The summed E-state index contributed by atoms with van der Waals surface area (Å²) in [6, 6.07) is -0.961. The lowest BCUT2D eigenvalue weighted by atomic mass is 10.0. The Hall–Kier alpha value is -3.33. The summed E-state index contributed by atoms with van der Waals surface area (Å²) < 4.78 is 11.2. The van der Waals surface area contributed by atoms with Crippen LogP contribution in [0.25, 0.3) is 0 Å². The van der Waals surface area contributed by atoms with Gasteiger partial charge in [0.05, 0.1) is 13.2 Å². The molecule has 2 amide bonds. The molecule has 45 heavy (non-hydrogen) atoms. The summed E-state index contributed by atoms with van der Waals surface area (Å²) in [5, 5.41) is 29.0. The van der Waals surface area contributed by atoms with Gasteiger partial charge >= 0.3 is 5.97 Å². The molecule has 0 spiro atoms. The van der Waals surface area contributed by atoms with Crippen molar-refractivity contribution in [3.8, 4) is 0 Å². The molecule has 6 rings (SSSR count). The number of oxime groups is 1. The number of nitrogens with one attached hydrogen (secondary N) is 1. The molecule has 17 nitrogen and oxygen atoms in total. The number of hydrogen-bond donors (Lipinski definition) is 3. The maximum atomic E-state index is 13.3. The number of rotatable bonds is 13. The number of carboxylic acids is 1. The number of thioether (sulfide) groups is 2. The number of aromatic nitrogens is 6. The summed E-state index contributed by atoms with van der Waals surface area (Å²) in [5.74, 6) is -1.81. The first-order valence-corrected chi connectivity index (χ1v) is 17.4. The maximum absolute atomic E-state index is 13.3. The molecule has 3 aliphatic heterocycles. The van der Waals surface area contributed by atoms with Crippen LogP contribution in [0.15, 0.2) is 21.6 Å². The molecule has 5 heterocycles. The molecule has 4 aliphatic rings. The molecular formula is C25H33N11O6S3. The van der Waals surface area contributed by atoms with E-state index in [1.165, 1.54) is 28.4 Å². The van der Waals surface area contributed by atoms with E-state index in [1.807, 2.05) is 0 Å². The summed E-state index contributed by atoms with van der Waals surface area (Å²) in [7, 11) is 0. The fourth-order valence-corrected chi connectivity index (χ4v) is 8.32. The van der Waals surface area contributed by atoms with Gasteiger partial charge in [-0.25, -0.2) is 9.48 Å². The second-order valence-electron chi connectivity index (χ2n) is 10.8. The molecule has 0 radical (unpaired) electrons. The topological polar surface area (TPSA) is 216 Å². The number of carboxylic acid groups (broad SMARTS) is 1. The van der Waals surface area contributed by atoms with Crippen molar-refractivity contribution >= 4 is 63.7 Å². The van der Waals surface area contributed by atoms with E-state index in [9.17, 15) is 19.5 Å². The molecule has 1 unspecified atom stereocenters. The van der Waals surface area contributed by atoms with Gasteiger partial charge in [0.1, 0.15) is 23.2 Å². The lowest BCUT2D eigenvalue weighted by Crippen LogP contribution is -2.71. The minimum Gasteiger partial charge on any atom is -0.477 e. The van der Waals surface area contributed by atoms with Crippen LogP contribution < -0.4 is 11.1 Å². The third-order valence-electron chi connectivity index (χ3n) is 7.82. The van der Waals surface area contributed by atoms with Crippen molar-refractivity contribution in [2.24, 2.45) is 5.16 Å². The first kappa shape index (κ1) is 31.6. The van der Waals surface area contributed by atoms with Crippen LogP contribution in [0.3, 0.4) is 0 Å². The van der Waals surface area contributed by atoms with Gasteiger partial charge in [0.2, 0.25) is 16.7 Å². The number of ether oxygens (including phenoxy) is 1. The highest BCUT2D eigenvalue weighted by molar-refractivity contribution is 8.01. The van der Waals surface area contributed by atoms with Crippen LogP contribution in [-0.2, 0) is 30.5 Å². The third-order valence-corrected chi connectivity index (χ3v) is 10.7. The zero-order chi connectivity index (χ0) is 31.3. The highest BCUT2D eigenvalue weighted by Crippen LogP contribution is 2.41. The molecule has 1 aliphatic carbocycles. The van der Waals surface area contributed by atoms with Gasteiger partial charge in [0, 0.05) is 49.2 Å². The molecule has 0 bridgehead atoms. The van der Waals surface area contributed by atoms with E-state index >= 15 is 0 Å². The lowest BCUT2D eigenvalue weighted by molar-refractivity contribution is -0.150. The van der Waals surface area contributed by atoms with Gasteiger partial charge in [-0.2, -0.15) is 9.36 Å². The second-order valence-corrected chi connectivity index (χ2v) is 13.6. The molecule has 2 aromatic rings. The molecule has 242 valence electrons. The number of anilines is 1. The van der Waals surface area contributed by atoms with Gasteiger partial charge < -0.3 is 25.7 Å². The molecule has 0 aromatic carbocycles. The van der Waals surface area contributed by atoms with Crippen molar-refractivity contribution in [3.63, 3.8) is 0 Å². The van der Waals surface area contributed by atoms with Gasteiger partial charge in [0.25, 0.3) is 11.8 Å². The predicted molar refractivity (Wildman–Crippen MR) is 164 cm³/mol. The minimum absolute atomic E-state index is 0.00166. The van der Waals surface area contributed by atoms with Crippen LogP contribution in [0.4, 0.5) is 5.13 Å². The Morgan fingerprint density at radius 2 is 2.02 bits per heavy atom. The zero-order valence-corrected chi connectivity index (χ0v) is 26.7. The molecule has 4 N–H and O–H groups in total. The van der Waals surface area contributed by atoms with E-state index in [0.717, 1.165) is 76.5 Å². The number of aliphatic carboxylic acids is 1. The summed E-state index contributed by atoms with van der Waals surface area (Å²) in [6.45, 7) is 4.82. The number of aryl methyl sites for hydroxylation is 1. The summed E-state index contributed by atoms with van der Waals surface area (Å²) in [5.41, 5.74) is 6.03. The number of nitrogens with zero attached hydrogens (tertiary/aromatic N) is 9. The van der Waals surface area contributed by atoms with Crippen molar-refractivity contribution in [3.05, 3.63) is 17.1 Å². The number of nitrogen functional groups attached to an aromatic ring is 1. The lowest BCUT2D eigenvalue weighted by Gasteiger charge is -2.49. The van der Waals surface area contributed by atoms with Crippen LogP contribution in [0.2, 0.25) is 0 Å². The highest BCUT2D eigenvalue weighted by atomic mass is 32.2. The van der Waals surface area contributed by atoms with Crippen LogP contribution in [0, 0.1) is 0 Å². The molecule has 2 atom stereocenters. The quantitative estimate of drug-likeness (QED) is 0.110. The first-order chi connectivity index (χ1) is 21.9. The third kappa shape index (κ3) is 7.24. The maximum Gasteiger partial charge on any atom is 0.352 e. The molecule has 2 saturated heterocycles. The Morgan fingerprint density at radius 1 is 1.22 bits per heavy atom. The Bertz CT molecular complexity index is 1470. The van der Waals surface area contributed by atoms with Gasteiger partial charge in [0.15, 0.2) is 5.13 Å². The van der Waals surface area contributed by atoms with E-state index in [0.29, 0.717) is 23.0 Å². The van der Waals surface area contributed by atoms with E-state index in [-0.39, 0.29) is 34.2 Å². The van der Waals surface area contributed by atoms with Gasteiger partial charge in [-0.1, -0.05) is 16.9 Å². The number of carbonyl (C=O) groups excluding carboxylic acids is 2. The van der Waals surface area contributed by atoms with Crippen molar-refractivity contribution in [1.82, 2.24) is 44.7 Å². The number of fused-ring (bicyclic) bond motifs is 1. The van der Waals surface area contributed by atoms with Gasteiger partial charge in [-0.3, -0.25) is 19.4 Å². The fraction of sp³-hybridized carbons (Fsp3) is 0.640. The van der Waals surface area contributed by atoms with Crippen molar-refractivity contribution < 1.29 is 29.1 Å². The molecule has 20 heteroatoms. The number of hydrogen-bond acceptors (Lipinski definition) is 16. The summed E-state index contributed by atoms with van der Waals surface area (Å²) in [6.07, 6.45) is 4.43. The monoisotopic (exact) mass is 679 g/mol. The van der Waals surface area contributed by atoms with Crippen LogP contribution in [0.1, 0.15) is 37.9 Å². The Labute approximate surface area is 270 Å². The Kier molecular flexibility index (Phi) is 10.1. The Morgan fingerprint density at radius 3 is 2.76 bits per heavy atom. The molecular weight excluding hydrogens is 647 g/mol. The van der Waals surface area contributed by atoms with E-state index in [2.05, 4.69) is 40.3 Å². The van der Waals surface area contributed by atoms with Crippen molar-refractivity contribution in [2.45, 2.75) is 61.3 Å². The van der Waals surface area contributed by atoms with Gasteiger partial charge in [-0.05, 0) is 48.1 Å². The minimum atomic E-state index is -1.21. The SMILES string of the molecule is Nc1nc(/C(=N/OC2CCCC2)C(=O)NC2C(=O)N3C(C(=O)O)=C(CSc4nnnn4CCCN4CCOCC4)CS[C@H]23)ns1. The van der Waals surface area contributed by atoms with Crippen LogP contribution in [0.5, 0.6) is 0 Å². The van der Waals surface area contributed by atoms with E-state index in [1.54, 1.807) is 4.68 Å². The van der Waals surface area contributed by atoms with Crippen LogP contribution >= 0.6 is 35.1 Å². The van der Waals surface area contributed by atoms with Crippen molar-refractivity contribution in [1.29, 1.82) is 0 Å². The second kappa shape index (κ2) is 14.4. The van der Waals surface area contributed by atoms with Gasteiger partial charge in [-0.15, -0.1) is 16.9 Å². The Balaban J connectivity index is 1.08. The number of carbonyl (C=O) groups is 3. The number of nitrogens with two attached hydrogens (primary N) is 1. The normalized spacial score (nSPS) is 22.8. The number of amides is 2. The zero-order valence-electron chi connectivity index (χ0n) is 24.2. The predicted octanol–water partition coefficient (Wildman–Crippen LogP) is 0.0233. The fourth-order valence-electron chi connectivity index (χ4n) is 5.50. The molecule has 2 aromatic heterocycles.